The fourth-order valence-electron chi connectivity index (χ4n) is 3.43. The van der Waals surface area contributed by atoms with Gasteiger partial charge in [0, 0.05) is 16.1 Å². The number of imide groups is 1. The number of nitrogens with zero attached hydrogens (tertiary/aromatic N) is 1. The van der Waals surface area contributed by atoms with Crippen molar-refractivity contribution >= 4 is 78.6 Å². The molecule has 0 bridgehead atoms. The van der Waals surface area contributed by atoms with Crippen molar-refractivity contribution in [2.24, 2.45) is 0 Å². The second-order valence-corrected chi connectivity index (χ2v) is 9.17. The first-order valence-corrected chi connectivity index (χ1v) is 11.6. The number of amides is 3. The number of halogens is 3. The molecule has 4 rings (SSSR count). The molecule has 0 fully saturated rings. The molecule has 0 aromatic heterocycles. The SMILES string of the molecule is COc1c(Br)cc(Br)cc1/C=C/C(=O)Nc1ccc(N2C(=O)c3ccccc3C2=O)cc1Cl. The van der Waals surface area contributed by atoms with Crippen LogP contribution in [0.1, 0.15) is 26.3 Å². The summed E-state index contributed by atoms with van der Waals surface area (Å²) in [6, 6.07) is 14.8. The summed E-state index contributed by atoms with van der Waals surface area (Å²) in [7, 11) is 1.54. The minimum absolute atomic E-state index is 0.189. The third kappa shape index (κ3) is 4.59. The molecule has 0 atom stereocenters. The molecule has 1 N–H and O–H groups in total. The van der Waals surface area contributed by atoms with Crippen molar-refractivity contribution < 1.29 is 19.1 Å². The van der Waals surface area contributed by atoms with Gasteiger partial charge in [0.05, 0.1) is 39.1 Å². The number of methoxy groups -OCH3 is 1. The molecule has 3 aromatic rings. The van der Waals surface area contributed by atoms with E-state index in [9.17, 15) is 14.4 Å². The highest BCUT2D eigenvalue weighted by molar-refractivity contribution is 9.11. The summed E-state index contributed by atoms with van der Waals surface area (Å²) < 4.78 is 6.94. The second kappa shape index (κ2) is 9.51. The third-order valence-corrected chi connectivity index (χ3v) is 6.28. The average Bonchev–Trinajstić information content (AvgIpc) is 3.04. The van der Waals surface area contributed by atoms with Crippen LogP contribution >= 0.6 is 43.5 Å². The largest absolute Gasteiger partial charge is 0.495 e. The highest BCUT2D eigenvalue weighted by atomic mass is 79.9. The fourth-order valence-corrected chi connectivity index (χ4v) is 5.07. The lowest BCUT2D eigenvalue weighted by Gasteiger charge is -2.15. The van der Waals surface area contributed by atoms with Gasteiger partial charge < -0.3 is 10.1 Å². The van der Waals surface area contributed by atoms with Crippen molar-refractivity contribution in [1.29, 1.82) is 0 Å². The van der Waals surface area contributed by atoms with Gasteiger partial charge in [-0.1, -0.05) is 39.7 Å². The molecular weight excluding hydrogens is 576 g/mol. The highest BCUT2D eigenvalue weighted by Gasteiger charge is 2.36. The maximum absolute atomic E-state index is 12.7. The number of carbonyl (C=O) groups excluding carboxylic acids is 3. The van der Waals surface area contributed by atoms with Gasteiger partial charge in [0.25, 0.3) is 11.8 Å². The van der Waals surface area contributed by atoms with E-state index in [1.807, 2.05) is 12.1 Å². The first-order chi connectivity index (χ1) is 15.8. The normalized spacial score (nSPS) is 12.9. The van der Waals surface area contributed by atoms with Crippen LogP contribution < -0.4 is 15.0 Å². The number of hydrogen-bond donors (Lipinski definition) is 1. The Labute approximate surface area is 211 Å². The van der Waals surface area contributed by atoms with Gasteiger partial charge in [-0.05, 0) is 64.5 Å². The van der Waals surface area contributed by atoms with Crippen molar-refractivity contribution in [3.8, 4) is 5.75 Å². The standard InChI is InChI=1S/C24H15Br2ClN2O4/c1-33-22-13(10-14(25)11-18(22)26)6-9-21(30)28-20-8-7-15(12-19(20)27)29-23(31)16-4-2-3-5-17(16)24(29)32/h2-12H,1H3,(H,28,30)/b9-6+. The molecule has 33 heavy (non-hydrogen) atoms. The Morgan fingerprint density at radius 1 is 1.03 bits per heavy atom. The Bertz CT molecular complexity index is 1310. The predicted octanol–water partition coefficient (Wildman–Crippen LogP) is 6.33. The van der Waals surface area contributed by atoms with Gasteiger partial charge in [-0.3, -0.25) is 14.4 Å². The molecule has 0 saturated heterocycles. The number of rotatable bonds is 5. The molecule has 0 radical (unpaired) electrons. The van der Waals surface area contributed by atoms with Gasteiger partial charge in [0.1, 0.15) is 5.75 Å². The molecular formula is C24H15Br2ClN2O4. The maximum Gasteiger partial charge on any atom is 0.266 e. The van der Waals surface area contributed by atoms with Crippen LogP contribution in [0.15, 0.2) is 69.6 Å². The quantitative estimate of drug-likeness (QED) is 0.279. The molecule has 0 unspecified atom stereocenters. The van der Waals surface area contributed by atoms with Gasteiger partial charge in [0.2, 0.25) is 5.91 Å². The lowest BCUT2D eigenvalue weighted by atomic mass is 10.1. The Morgan fingerprint density at radius 2 is 1.70 bits per heavy atom. The number of benzene rings is 3. The van der Waals surface area contributed by atoms with E-state index in [0.717, 1.165) is 13.8 Å². The third-order valence-electron chi connectivity index (χ3n) is 4.92. The Kier molecular flexibility index (Phi) is 6.69. The van der Waals surface area contributed by atoms with Crippen molar-refractivity contribution in [3.63, 3.8) is 0 Å². The average molecular weight is 591 g/mol. The van der Waals surface area contributed by atoms with Crippen molar-refractivity contribution in [2.45, 2.75) is 0 Å². The minimum atomic E-state index is -0.416. The Hall–Kier alpha value is -2.94. The summed E-state index contributed by atoms with van der Waals surface area (Å²) in [4.78, 5) is 38.9. The summed E-state index contributed by atoms with van der Waals surface area (Å²) in [6.07, 6.45) is 2.97. The zero-order valence-electron chi connectivity index (χ0n) is 17.1. The molecule has 6 nitrogen and oxygen atoms in total. The summed E-state index contributed by atoms with van der Waals surface area (Å²) in [5.41, 5.74) is 2.05. The molecule has 166 valence electrons. The lowest BCUT2D eigenvalue weighted by Crippen LogP contribution is -2.29. The van der Waals surface area contributed by atoms with Crippen LogP contribution in [0.2, 0.25) is 5.02 Å². The van der Waals surface area contributed by atoms with E-state index in [2.05, 4.69) is 37.2 Å². The van der Waals surface area contributed by atoms with Crippen molar-refractivity contribution in [3.05, 3.63) is 91.3 Å². The van der Waals surface area contributed by atoms with Gasteiger partial charge in [-0.25, -0.2) is 4.90 Å². The fraction of sp³-hybridized carbons (Fsp3) is 0.0417. The van der Waals surface area contributed by atoms with Crippen LogP contribution in [0.25, 0.3) is 6.08 Å². The zero-order chi connectivity index (χ0) is 23.7. The van der Waals surface area contributed by atoms with Gasteiger partial charge in [0.15, 0.2) is 0 Å². The van der Waals surface area contributed by atoms with E-state index in [4.69, 9.17) is 16.3 Å². The monoisotopic (exact) mass is 588 g/mol. The molecule has 3 aromatic carbocycles. The number of anilines is 2. The molecule has 9 heteroatoms. The van der Waals surface area contributed by atoms with Crippen molar-refractivity contribution in [2.75, 3.05) is 17.3 Å². The second-order valence-electron chi connectivity index (χ2n) is 6.99. The maximum atomic E-state index is 12.7. The Morgan fingerprint density at radius 3 is 2.30 bits per heavy atom. The van der Waals surface area contributed by atoms with Gasteiger partial charge in [-0.2, -0.15) is 0 Å². The molecule has 1 aliphatic rings. The van der Waals surface area contributed by atoms with E-state index >= 15 is 0 Å². The molecule has 1 aliphatic heterocycles. The highest BCUT2D eigenvalue weighted by Crippen LogP contribution is 2.34. The molecule has 0 saturated carbocycles. The summed E-state index contributed by atoms with van der Waals surface area (Å²) >= 11 is 13.2. The van der Waals surface area contributed by atoms with Crippen LogP contribution in [-0.2, 0) is 4.79 Å². The van der Waals surface area contributed by atoms with E-state index in [1.54, 1.807) is 49.6 Å². The van der Waals surface area contributed by atoms with Crippen LogP contribution in [-0.4, -0.2) is 24.8 Å². The number of carbonyl (C=O) groups is 3. The number of fused-ring (bicyclic) bond motifs is 1. The van der Waals surface area contributed by atoms with Crippen LogP contribution in [0.5, 0.6) is 5.75 Å². The predicted molar refractivity (Wildman–Crippen MR) is 135 cm³/mol. The van der Waals surface area contributed by atoms with Crippen LogP contribution in [0.3, 0.4) is 0 Å². The summed E-state index contributed by atoms with van der Waals surface area (Å²) in [6.45, 7) is 0. The van der Waals surface area contributed by atoms with E-state index in [-0.39, 0.29) is 5.02 Å². The molecule has 0 aliphatic carbocycles. The van der Waals surface area contributed by atoms with Gasteiger partial charge in [-0.15, -0.1) is 0 Å². The molecule has 3 amide bonds. The molecule has 1 heterocycles. The first-order valence-electron chi connectivity index (χ1n) is 9.59. The number of hydrogen-bond acceptors (Lipinski definition) is 4. The van der Waals surface area contributed by atoms with Gasteiger partial charge >= 0.3 is 0 Å². The topological polar surface area (TPSA) is 75.7 Å². The van der Waals surface area contributed by atoms with Crippen LogP contribution in [0, 0.1) is 0 Å². The zero-order valence-corrected chi connectivity index (χ0v) is 21.0. The number of nitrogens with one attached hydrogen (secondary N) is 1. The first kappa shape index (κ1) is 23.2. The lowest BCUT2D eigenvalue weighted by molar-refractivity contribution is -0.111. The van der Waals surface area contributed by atoms with Crippen LogP contribution in [0.4, 0.5) is 11.4 Å². The van der Waals surface area contributed by atoms with E-state index < -0.39 is 17.7 Å². The summed E-state index contributed by atoms with van der Waals surface area (Å²) in [5.74, 6) is -0.657. The number of ether oxygens (including phenoxy) is 1. The molecule has 0 spiro atoms. The van der Waals surface area contributed by atoms with E-state index in [1.165, 1.54) is 12.1 Å². The van der Waals surface area contributed by atoms with Crippen molar-refractivity contribution in [1.82, 2.24) is 0 Å². The van der Waals surface area contributed by atoms with E-state index in [0.29, 0.717) is 33.8 Å². The summed E-state index contributed by atoms with van der Waals surface area (Å²) in [5, 5.41) is 2.88. The minimum Gasteiger partial charge on any atom is -0.495 e. The Balaban J connectivity index is 1.52. The smallest absolute Gasteiger partial charge is 0.266 e.